The molecule has 130 valence electrons. The maximum atomic E-state index is 11.7. The normalized spacial score (nSPS) is 20.5. The highest BCUT2D eigenvalue weighted by atomic mass is 16.3. The number of allylic oxidation sites excluding steroid dienone is 3. The Labute approximate surface area is 146 Å². The van der Waals surface area contributed by atoms with Gasteiger partial charge in [0.05, 0.1) is 0 Å². The van der Waals surface area contributed by atoms with Crippen LogP contribution in [-0.4, -0.2) is 11.4 Å². The Balaban J connectivity index is 2.42. The Hall–Kier alpha value is -1.83. The summed E-state index contributed by atoms with van der Waals surface area (Å²) in [5, 5.41) is 10.7. The molecular weight excluding hydrogens is 296 g/mol. The minimum absolute atomic E-state index is 0.0427. The summed E-state index contributed by atoms with van der Waals surface area (Å²) < 4.78 is 0. The first-order valence-electron chi connectivity index (χ1n) is 9.11. The van der Waals surface area contributed by atoms with E-state index in [0.29, 0.717) is 5.56 Å². The number of aldehydes is 1. The number of aromatic hydroxyl groups is 1. The van der Waals surface area contributed by atoms with Gasteiger partial charge in [-0.05, 0) is 63.1 Å². The quantitative estimate of drug-likeness (QED) is 0.382. The van der Waals surface area contributed by atoms with E-state index < -0.39 is 0 Å². The predicted octanol–water partition coefficient (Wildman–Crippen LogP) is 5.95. The number of benzene rings is 1. The smallest absolute Gasteiger partial charge is 0.150 e. The van der Waals surface area contributed by atoms with E-state index in [1.807, 2.05) is 19.1 Å². The average molecular weight is 326 g/mol. The van der Waals surface area contributed by atoms with Gasteiger partial charge in [-0.2, -0.15) is 0 Å². The lowest BCUT2D eigenvalue weighted by Crippen LogP contribution is -2.18. The highest BCUT2D eigenvalue weighted by Gasteiger charge is 2.29. The van der Waals surface area contributed by atoms with Gasteiger partial charge in [-0.15, -0.1) is 0 Å². The van der Waals surface area contributed by atoms with Crippen molar-refractivity contribution in [3.05, 3.63) is 52.6 Å². The van der Waals surface area contributed by atoms with E-state index >= 15 is 0 Å². The molecule has 2 nitrogen and oxygen atoms in total. The van der Waals surface area contributed by atoms with Crippen molar-refractivity contribution in [1.29, 1.82) is 0 Å². The van der Waals surface area contributed by atoms with Crippen molar-refractivity contribution in [3.8, 4) is 5.75 Å². The SMILES string of the molecule is C=C(C)C1CCC(C)=CC1c1c(O)cc(CCCCC)cc1C=O. The fourth-order valence-electron chi connectivity index (χ4n) is 3.81. The second-order valence-electron chi connectivity index (χ2n) is 7.22. The highest BCUT2D eigenvalue weighted by molar-refractivity contribution is 5.80. The van der Waals surface area contributed by atoms with Crippen LogP contribution in [0.1, 0.15) is 80.3 Å². The van der Waals surface area contributed by atoms with Gasteiger partial charge in [0.25, 0.3) is 0 Å². The molecule has 2 rings (SSSR count). The molecule has 0 spiro atoms. The zero-order valence-corrected chi connectivity index (χ0v) is 15.3. The summed E-state index contributed by atoms with van der Waals surface area (Å²) >= 11 is 0. The molecule has 1 aliphatic rings. The van der Waals surface area contributed by atoms with Crippen molar-refractivity contribution in [2.45, 2.75) is 65.2 Å². The average Bonchev–Trinajstić information content (AvgIpc) is 2.54. The number of hydrogen-bond donors (Lipinski definition) is 1. The van der Waals surface area contributed by atoms with E-state index in [2.05, 4.69) is 26.5 Å². The van der Waals surface area contributed by atoms with E-state index in [9.17, 15) is 9.90 Å². The van der Waals surface area contributed by atoms with Crippen LogP contribution in [0.5, 0.6) is 5.75 Å². The van der Waals surface area contributed by atoms with Crippen LogP contribution in [0.25, 0.3) is 0 Å². The molecule has 0 bridgehead atoms. The first-order valence-corrected chi connectivity index (χ1v) is 9.11. The second-order valence-corrected chi connectivity index (χ2v) is 7.22. The lowest BCUT2D eigenvalue weighted by molar-refractivity contribution is 0.112. The van der Waals surface area contributed by atoms with E-state index in [0.717, 1.165) is 55.1 Å². The second kappa shape index (κ2) is 8.32. The summed E-state index contributed by atoms with van der Waals surface area (Å²) in [4.78, 5) is 11.7. The number of phenols is 1. The van der Waals surface area contributed by atoms with Crippen LogP contribution in [0.2, 0.25) is 0 Å². The Kier molecular flexibility index (Phi) is 6.42. The molecule has 2 unspecified atom stereocenters. The molecule has 2 heteroatoms. The molecule has 0 heterocycles. The number of carbonyl (C=O) groups excluding carboxylic acids is 1. The largest absolute Gasteiger partial charge is 0.508 e. The minimum Gasteiger partial charge on any atom is -0.508 e. The first kappa shape index (κ1) is 18.5. The van der Waals surface area contributed by atoms with Crippen LogP contribution in [0.4, 0.5) is 0 Å². The molecule has 0 saturated heterocycles. The number of hydrogen-bond acceptors (Lipinski definition) is 2. The van der Waals surface area contributed by atoms with Crippen molar-refractivity contribution in [3.63, 3.8) is 0 Å². The van der Waals surface area contributed by atoms with Gasteiger partial charge in [-0.3, -0.25) is 4.79 Å². The third-order valence-corrected chi connectivity index (χ3v) is 5.16. The number of aryl methyl sites for hydroxylation is 1. The molecule has 2 atom stereocenters. The highest BCUT2D eigenvalue weighted by Crippen LogP contribution is 2.44. The molecule has 1 N–H and O–H groups in total. The third kappa shape index (κ3) is 4.17. The Bertz CT molecular complexity index is 640. The van der Waals surface area contributed by atoms with E-state index in [1.165, 1.54) is 12.0 Å². The topological polar surface area (TPSA) is 37.3 Å². The Morgan fingerprint density at radius 2 is 2.12 bits per heavy atom. The maximum Gasteiger partial charge on any atom is 0.150 e. The van der Waals surface area contributed by atoms with Crippen LogP contribution >= 0.6 is 0 Å². The van der Waals surface area contributed by atoms with Crippen molar-refractivity contribution >= 4 is 6.29 Å². The van der Waals surface area contributed by atoms with Crippen LogP contribution in [0, 0.1) is 5.92 Å². The van der Waals surface area contributed by atoms with Gasteiger partial charge in [0, 0.05) is 17.0 Å². The molecule has 0 saturated carbocycles. The molecule has 0 radical (unpaired) electrons. The molecular formula is C22H30O2. The van der Waals surface area contributed by atoms with Gasteiger partial charge in [-0.25, -0.2) is 0 Å². The number of carbonyl (C=O) groups is 1. The van der Waals surface area contributed by atoms with Crippen LogP contribution < -0.4 is 0 Å². The lowest BCUT2D eigenvalue weighted by atomic mass is 9.73. The van der Waals surface area contributed by atoms with Gasteiger partial charge in [0.2, 0.25) is 0 Å². The standard InChI is InChI=1S/C22H30O2/c1-5-6-7-8-17-12-18(14-23)22(21(24)13-17)20-11-16(4)9-10-19(20)15(2)3/h11-14,19-20,24H,2,5-10H2,1,3-4H3. The molecule has 0 fully saturated rings. The van der Waals surface area contributed by atoms with Gasteiger partial charge >= 0.3 is 0 Å². The number of rotatable bonds is 7. The van der Waals surface area contributed by atoms with Crippen molar-refractivity contribution < 1.29 is 9.90 Å². The van der Waals surface area contributed by atoms with Crippen molar-refractivity contribution in [1.82, 2.24) is 0 Å². The van der Waals surface area contributed by atoms with Gasteiger partial charge < -0.3 is 5.11 Å². The molecule has 24 heavy (non-hydrogen) atoms. The van der Waals surface area contributed by atoms with Crippen LogP contribution in [0.15, 0.2) is 35.9 Å². The monoisotopic (exact) mass is 326 g/mol. The lowest BCUT2D eigenvalue weighted by Gasteiger charge is -2.32. The molecule has 0 aliphatic heterocycles. The Morgan fingerprint density at radius 3 is 2.75 bits per heavy atom. The van der Waals surface area contributed by atoms with E-state index in [-0.39, 0.29) is 17.6 Å². The van der Waals surface area contributed by atoms with Crippen LogP contribution in [0.3, 0.4) is 0 Å². The third-order valence-electron chi connectivity index (χ3n) is 5.16. The first-order chi connectivity index (χ1) is 11.5. The summed E-state index contributed by atoms with van der Waals surface area (Å²) in [7, 11) is 0. The summed E-state index contributed by atoms with van der Waals surface area (Å²) in [5.74, 6) is 0.582. The molecule has 1 aliphatic carbocycles. The van der Waals surface area contributed by atoms with Crippen molar-refractivity contribution in [2.75, 3.05) is 0 Å². The fourth-order valence-corrected chi connectivity index (χ4v) is 3.81. The predicted molar refractivity (Wildman–Crippen MR) is 101 cm³/mol. The number of phenolic OH excluding ortho intramolecular Hbond substituents is 1. The Morgan fingerprint density at radius 1 is 1.38 bits per heavy atom. The molecule has 1 aromatic rings. The summed E-state index contributed by atoms with van der Waals surface area (Å²) in [6.45, 7) is 10.5. The zero-order valence-electron chi connectivity index (χ0n) is 15.3. The zero-order chi connectivity index (χ0) is 17.7. The maximum absolute atomic E-state index is 11.7. The van der Waals surface area contributed by atoms with Gasteiger partial charge in [-0.1, -0.05) is 43.6 Å². The van der Waals surface area contributed by atoms with E-state index in [4.69, 9.17) is 0 Å². The number of unbranched alkanes of at least 4 members (excludes halogenated alkanes) is 2. The molecule has 0 amide bonds. The summed E-state index contributed by atoms with van der Waals surface area (Å²) in [5.41, 5.74) is 4.89. The van der Waals surface area contributed by atoms with Gasteiger partial charge in [0.1, 0.15) is 12.0 Å². The minimum atomic E-state index is 0.0427. The van der Waals surface area contributed by atoms with E-state index in [1.54, 1.807) is 0 Å². The summed E-state index contributed by atoms with van der Waals surface area (Å²) in [6.07, 6.45) is 9.51. The summed E-state index contributed by atoms with van der Waals surface area (Å²) in [6, 6.07) is 3.82. The van der Waals surface area contributed by atoms with Crippen molar-refractivity contribution in [2.24, 2.45) is 5.92 Å². The van der Waals surface area contributed by atoms with Crippen LogP contribution in [-0.2, 0) is 6.42 Å². The molecule has 0 aromatic heterocycles. The fraction of sp³-hybridized carbons (Fsp3) is 0.500. The molecule has 1 aromatic carbocycles. The van der Waals surface area contributed by atoms with Gasteiger partial charge in [0.15, 0.2) is 0 Å².